The van der Waals surface area contributed by atoms with Crippen LogP contribution in [0.25, 0.3) is 5.69 Å². The first-order valence-electron chi connectivity index (χ1n) is 10.4. The van der Waals surface area contributed by atoms with Crippen LogP contribution in [0.1, 0.15) is 40.0 Å². The van der Waals surface area contributed by atoms with Crippen molar-refractivity contribution < 1.29 is 18.0 Å². The summed E-state index contributed by atoms with van der Waals surface area (Å²) in [6.07, 6.45) is -3.09. The number of likely N-dealkylation sites (tertiary alicyclic amines) is 1. The zero-order chi connectivity index (χ0) is 23.8. The van der Waals surface area contributed by atoms with Crippen molar-refractivity contribution in [2.45, 2.75) is 32.5 Å². The highest BCUT2D eigenvalue weighted by Crippen LogP contribution is 2.30. The number of alkyl halides is 3. The molecule has 2 aromatic carbocycles. The molecule has 0 unspecified atom stereocenters. The Bertz CT molecular complexity index is 1320. The number of amides is 1. The minimum absolute atomic E-state index is 0.152. The van der Waals surface area contributed by atoms with Gasteiger partial charge in [-0.1, -0.05) is 35.9 Å². The van der Waals surface area contributed by atoms with Gasteiger partial charge in [-0.05, 0) is 43.5 Å². The van der Waals surface area contributed by atoms with Gasteiger partial charge in [0.05, 0.1) is 17.8 Å². The van der Waals surface area contributed by atoms with Crippen molar-refractivity contribution in [1.82, 2.24) is 19.2 Å². The lowest BCUT2D eigenvalue weighted by molar-refractivity contribution is -0.137. The molecule has 0 aliphatic carbocycles. The van der Waals surface area contributed by atoms with Crippen molar-refractivity contribution in [2.24, 2.45) is 0 Å². The lowest BCUT2D eigenvalue weighted by atomic mass is 10.1. The Balaban J connectivity index is 1.91. The van der Waals surface area contributed by atoms with E-state index in [0.717, 1.165) is 41.2 Å². The molecule has 0 N–H and O–H groups in total. The van der Waals surface area contributed by atoms with E-state index in [-0.39, 0.29) is 12.2 Å². The Morgan fingerprint density at radius 1 is 1.03 bits per heavy atom. The summed E-state index contributed by atoms with van der Waals surface area (Å²) in [5, 5.41) is 3.94. The first-order chi connectivity index (χ1) is 15.6. The molecular formula is C23H21F3N4O3. The van der Waals surface area contributed by atoms with Gasteiger partial charge in [0.15, 0.2) is 0 Å². The zero-order valence-corrected chi connectivity index (χ0v) is 17.8. The van der Waals surface area contributed by atoms with Crippen molar-refractivity contribution in [1.29, 1.82) is 0 Å². The number of hydrogen-bond acceptors (Lipinski definition) is 4. The van der Waals surface area contributed by atoms with Gasteiger partial charge in [0.1, 0.15) is 0 Å². The average Bonchev–Trinajstić information content (AvgIpc) is 3.31. The van der Waals surface area contributed by atoms with Gasteiger partial charge in [-0.25, -0.2) is 4.79 Å². The standard InChI is InChI=1S/C23H21F3N4O3/c1-15-6-4-7-16(12-15)14-29-21(32)19(20(31)28-10-2-3-11-28)27-30(22(29)33)18-9-5-8-17(13-18)23(24,25)26/h4-9,12-13H,2-3,10-11,14H2,1H3. The molecule has 1 amide bonds. The molecule has 7 nitrogen and oxygen atoms in total. The summed E-state index contributed by atoms with van der Waals surface area (Å²) in [7, 11) is 0. The smallest absolute Gasteiger partial charge is 0.337 e. The molecule has 0 saturated carbocycles. The Kier molecular flexibility index (Phi) is 5.92. The van der Waals surface area contributed by atoms with Gasteiger partial charge < -0.3 is 4.90 Å². The van der Waals surface area contributed by atoms with Crippen LogP contribution in [-0.2, 0) is 12.7 Å². The van der Waals surface area contributed by atoms with Crippen molar-refractivity contribution in [3.8, 4) is 5.69 Å². The first kappa shape index (κ1) is 22.5. The Morgan fingerprint density at radius 3 is 2.39 bits per heavy atom. The second kappa shape index (κ2) is 8.68. The van der Waals surface area contributed by atoms with Gasteiger partial charge in [0.25, 0.3) is 11.5 Å². The predicted octanol–water partition coefficient (Wildman–Crippen LogP) is 3.01. The zero-order valence-electron chi connectivity index (χ0n) is 17.8. The molecule has 1 aliphatic rings. The molecule has 0 bridgehead atoms. The highest BCUT2D eigenvalue weighted by molar-refractivity contribution is 5.92. The molecule has 2 heterocycles. The maximum absolute atomic E-state index is 13.2. The first-order valence-corrected chi connectivity index (χ1v) is 10.4. The molecule has 0 atom stereocenters. The third-order valence-electron chi connectivity index (χ3n) is 5.50. The number of carbonyl (C=O) groups is 1. The molecule has 1 aliphatic heterocycles. The number of aryl methyl sites for hydroxylation is 1. The largest absolute Gasteiger partial charge is 0.416 e. The molecule has 0 spiro atoms. The quantitative estimate of drug-likeness (QED) is 0.602. The highest BCUT2D eigenvalue weighted by atomic mass is 19.4. The lowest BCUT2D eigenvalue weighted by Crippen LogP contribution is -2.46. The van der Waals surface area contributed by atoms with Crippen LogP contribution in [0.3, 0.4) is 0 Å². The van der Waals surface area contributed by atoms with Crippen molar-refractivity contribution in [3.05, 3.63) is 91.8 Å². The topological polar surface area (TPSA) is 77.2 Å². The van der Waals surface area contributed by atoms with E-state index >= 15 is 0 Å². The van der Waals surface area contributed by atoms with E-state index in [1.54, 1.807) is 18.2 Å². The minimum atomic E-state index is -4.64. The van der Waals surface area contributed by atoms with E-state index in [1.165, 1.54) is 11.0 Å². The van der Waals surface area contributed by atoms with Gasteiger partial charge in [0.2, 0.25) is 5.69 Å². The van der Waals surface area contributed by atoms with Crippen molar-refractivity contribution in [3.63, 3.8) is 0 Å². The van der Waals surface area contributed by atoms with Crippen LogP contribution in [-0.4, -0.2) is 38.2 Å². The monoisotopic (exact) mass is 458 g/mol. The van der Waals surface area contributed by atoms with Crippen molar-refractivity contribution in [2.75, 3.05) is 13.1 Å². The van der Waals surface area contributed by atoms with Crippen LogP contribution in [0, 0.1) is 6.92 Å². The van der Waals surface area contributed by atoms with E-state index in [9.17, 15) is 27.6 Å². The number of halogens is 3. The second-order valence-electron chi connectivity index (χ2n) is 7.97. The Labute approximate surface area is 186 Å². The summed E-state index contributed by atoms with van der Waals surface area (Å²) in [5.74, 6) is -0.642. The fourth-order valence-electron chi connectivity index (χ4n) is 3.83. The third-order valence-corrected chi connectivity index (χ3v) is 5.50. The summed E-state index contributed by atoms with van der Waals surface area (Å²) in [6.45, 7) is 2.59. The fraction of sp³-hybridized carbons (Fsp3) is 0.304. The maximum atomic E-state index is 13.2. The van der Waals surface area contributed by atoms with Crippen LogP contribution in [0.15, 0.2) is 58.1 Å². The summed E-state index contributed by atoms with van der Waals surface area (Å²) in [6, 6.07) is 11.2. The average molecular weight is 458 g/mol. The molecule has 1 aromatic heterocycles. The second-order valence-corrected chi connectivity index (χ2v) is 7.97. The number of rotatable bonds is 4. The minimum Gasteiger partial charge on any atom is -0.337 e. The van der Waals surface area contributed by atoms with Crippen LogP contribution in [0.5, 0.6) is 0 Å². The Morgan fingerprint density at radius 2 is 1.73 bits per heavy atom. The molecule has 1 fully saturated rings. The summed E-state index contributed by atoms with van der Waals surface area (Å²) >= 11 is 0. The number of benzene rings is 2. The van der Waals surface area contributed by atoms with Crippen molar-refractivity contribution >= 4 is 5.91 Å². The van der Waals surface area contributed by atoms with E-state index in [0.29, 0.717) is 23.3 Å². The summed E-state index contributed by atoms with van der Waals surface area (Å²) < 4.78 is 41.3. The molecule has 172 valence electrons. The number of hydrogen-bond donors (Lipinski definition) is 0. The summed E-state index contributed by atoms with van der Waals surface area (Å²) in [5.41, 5.74) is -1.93. The number of aromatic nitrogens is 3. The van der Waals surface area contributed by atoms with Crippen LogP contribution < -0.4 is 11.2 Å². The van der Waals surface area contributed by atoms with Crippen LogP contribution in [0.4, 0.5) is 13.2 Å². The van der Waals surface area contributed by atoms with Gasteiger partial charge in [0, 0.05) is 13.1 Å². The molecule has 3 aromatic rings. The third kappa shape index (κ3) is 4.59. The van der Waals surface area contributed by atoms with Gasteiger partial charge >= 0.3 is 11.9 Å². The van der Waals surface area contributed by atoms with E-state index in [4.69, 9.17) is 0 Å². The number of nitrogens with zero attached hydrogens (tertiary/aromatic N) is 4. The molecule has 10 heteroatoms. The van der Waals surface area contributed by atoms with Crippen LogP contribution >= 0.6 is 0 Å². The normalized spacial score (nSPS) is 14.0. The van der Waals surface area contributed by atoms with E-state index in [1.807, 2.05) is 13.0 Å². The molecule has 4 rings (SSSR count). The van der Waals surface area contributed by atoms with E-state index in [2.05, 4.69) is 5.10 Å². The molecule has 1 saturated heterocycles. The van der Waals surface area contributed by atoms with Crippen LogP contribution in [0.2, 0.25) is 0 Å². The fourth-order valence-corrected chi connectivity index (χ4v) is 3.83. The number of carbonyl (C=O) groups excluding carboxylic acids is 1. The van der Waals surface area contributed by atoms with Gasteiger partial charge in [-0.3, -0.25) is 14.2 Å². The molecular weight excluding hydrogens is 437 g/mol. The summed E-state index contributed by atoms with van der Waals surface area (Å²) in [4.78, 5) is 40.8. The lowest BCUT2D eigenvalue weighted by Gasteiger charge is -2.17. The SMILES string of the molecule is Cc1cccc(Cn2c(=O)c(C(=O)N3CCCC3)nn(-c3cccc(C(F)(F)F)c3)c2=O)c1. The van der Waals surface area contributed by atoms with Gasteiger partial charge in [-0.15, -0.1) is 0 Å². The molecule has 0 radical (unpaired) electrons. The Hall–Kier alpha value is -3.69. The predicted molar refractivity (Wildman–Crippen MR) is 115 cm³/mol. The highest BCUT2D eigenvalue weighted by Gasteiger charge is 2.31. The maximum Gasteiger partial charge on any atom is 0.416 e. The van der Waals surface area contributed by atoms with Gasteiger partial charge in [-0.2, -0.15) is 23.0 Å². The van der Waals surface area contributed by atoms with E-state index < -0.39 is 34.6 Å². The molecule has 33 heavy (non-hydrogen) atoms.